The fraction of sp³-hybridized carbons (Fsp3) is 0.0545. The number of hydrogen-bond acceptors (Lipinski definition) is 1. The molecule has 0 radical (unpaired) electrons. The van der Waals surface area contributed by atoms with Crippen molar-refractivity contribution in [1.82, 2.24) is 4.57 Å². The van der Waals surface area contributed by atoms with Crippen molar-refractivity contribution in [3.05, 3.63) is 217 Å². The Morgan fingerprint density at radius 1 is 0.368 bits per heavy atom. The Bertz CT molecular complexity index is 3070. The van der Waals surface area contributed by atoms with Crippen LogP contribution >= 0.6 is 0 Å². The van der Waals surface area contributed by atoms with Crippen molar-refractivity contribution in [2.24, 2.45) is 0 Å². The van der Waals surface area contributed by atoms with Gasteiger partial charge in [0, 0.05) is 38.9 Å². The molecule has 2 nitrogen and oxygen atoms in total. The summed E-state index contributed by atoms with van der Waals surface area (Å²) in [7, 11) is 0. The Balaban J connectivity index is 1.02. The number of aromatic nitrogens is 1. The van der Waals surface area contributed by atoms with Crippen molar-refractivity contribution < 1.29 is 0 Å². The van der Waals surface area contributed by atoms with E-state index in [9.17, 15) is 0 Å². The zero-order valence-corrected chi connectivity index (χ0v) is 32.0. The van der Waals surface area contributed by atoms with Gasteiger partial charge in [0.15, 0.2) is 0 Å². The van der Waals surface area contributed by atoms with Crippen molar-refractivity contribution in [1.29, 1.82) is 0 Å². The molecule has 0 bridgehead atoms. The molecule has 1 aliphatic rings. The fourth-order valence-corrected chi connectivity index (χ4v) is 9.34. The van der Waals surface area contributed by atoms with Crippen LogP contribution in [0.25, 0.3) is 71.6 Å². The molecule has 0 unspecified atom stereocenters. The molecule has 0 atom stereocenters. The number of fused-ring (bicyclic) bond motifs is 7. The highest BCUT2D eigenvalue weighted by molar-refractivity contribution is 6.09. The first-order valence-electron chi connectivity index (χ1n) is 19.8. The van der Waals surface area contributed by atoms with Crippen LogP contribution in [0.1, 0.15) is 25.0 Å². The molecule has 270 valence electrons. The molecule has 1 aromatic heterocycles. The lowest BCUT2D eigenvalue weighted by Crippen LogP contribution is -2.17. The van der Waals surface area contributed by atoms with Crippen LogP contribution in [0.3, 0.4) is 0 Å². The lowest BCUT2D eigenvalue weighted by Gasteiger charge is -2.28. The number of benzene rings is 9. The van der Waals surface area contributed by atoms with Gasteiger partial charge in [-0.05, 0) is 116 Å². The van der Waals surface area contributed by atoms with E-state index in [0.717, 1.165) is 17.1 Å². The highest BCUT2D eigenvalue weighted by atomic mass is 15.1. The van der Waals surface area contributed by atoms with Gasteiger partial charge in [0.1, 0.15) is 0 Å². The zero-order chi connectivity index (χ0) is 38.1. The van der Waals surface area contributed by atoms with E-state index in [-0.39, 0.29) is 5.41 Å². The summed E-state index contributed by atoms with van der Waals surface area (Å²) in [4.78, 5) is 2.41. The second-order valence-electron chi connectivity index (χ2n) is 15.8. The van der Waals surface area contributed by atoms with Crippen LogP contribution in [0, 0.1) is 0 Å². The third kappa shape index (κ3) is 5.33. The molecule has 10 aromatic rings. The topological polar surface area (TPSA) is 8.17 Å². The minimum absolute atomic E-state index is 0.212. The van der Waals surface area contributed by atoms with Gasteiger partial charge in [-0.3, -0.25) is 0 Å². The summed E-state index contributed by atoms with van der Waals surface area (Å²) in [6, 6.07) is 75.6. The number of hydrogen-bond donors (Lipinski definition) is 0. The van der Waals surface area contributed by atoms with E-state index < -0.39 is 0 Å². The predicted molar refractivity (Wildman–Crippen MR) is 241 cm³/mol. The molecule has 0 fully saturated rings. The van der Waals surface area contributed by atoms with Gasteiger partial charge in [0.05, 0.1) is 11.0 Å². The Labute approximate surface area is 333 Å². The van der Waals surface area contributed by atoms with Crippen LogP contribution in [0.4, 0.5) is 17.1 Å². The quantitative estimate of drug-likeness (QED) is 0.165. The van der Waals surface area contributed by atoms with E-state index in [4.69, 9.17) is 0 Å². The molecule has 0 N–H and O–H groups in total. The smallest absolute Gasteiger partial charge is 0.0541 e. The Morgan fingerprint density at radius 2 is 0.877 bits per heavy atom. The van der Waals surface area contributed by atoms with E-state index in [2.05, 4.69) is 230 Å². The molecule has 1 heterocycles. The van der Waals surface area contributed by atoms with E-state index in [1.165, 1.54) is 82.8 Å². The maximum Gasteiger partial charge on any atom is 0.0541 e. The fourth-order valence-electron chi connectivity index (χ4n) is 9.34. The SMILES string of the molecule is CC1(C)c2cc(N(c3ccc(-c4ccccc4)cc3)c3ccc(-c4cccc5ccccc45)cc3)ccc2-c2ccc(-n3c4ccccc4c4ccccc43)cc21. The molecule has 0 saturated carbocycles. The first-order chi connectivity index (χ1) is 28.0. The summed E-state index contributed by atoms with van der Waals surface area (Å²) in [5, 5.41) is 5.08. The molecule has 0 spiro atoms. The van der Waals surface area contributed by atoms with Gasteiger partial charge >= 0.3 is 0 Å². The third-order valence-electron chi connectivity index (χ3n) is 12.2. The van der Waals surface area contributed by atoms with Gasteiger partial charge < -0.3 is 9.47 Å². The van der Waals surface area contributed by atoms with Gasteiger partial charge in [0.2, 0.25) is 0 Å². The van der Waals surface area contributed by atoms with Crippen molar-refractivity contribution in [3.8, 4) is 39.1 Å². The molecule has 57 heavy (non-hydrogen) atoms. The molecule has 1 aliphatic carbocycles. The van der Waals surface area contributed by atoms with Gasteiger partial charge in [-0.1, -0.05) is 159 Å². The summed E-state index contributed by atoms with van der Waals surface area (Å²) < 4.78 is 2.43. The number of nitrogens with zero attached hydrogens (tertiary/aromatic N) is 2. The second kappa shape index (κ2) is 13.0. The minimum Gasteiger partial charge on any atom is -0.310 e. The summed E-state index contributed by atoms with van der Waals surface area (Å²) in [6.07, 6.45) is 0. The van der Waals surface area contributed by atoms with Crippen molar-refractivity contribution in [2.75, 3.05) is 4.90 Å². The summed E-state index contributed by atoms with van der Waals surface area (Å²) in [6.45, 7) is 4.77. The Morgan fingerprint density at radius 3 is 1.56 bits per heavy atom. The van der Waals surface area contributed by atoms with Crippen LogP contribution in [0.15, 0.2) is 206 Å². The third-order valence-corrected chi connectivity index (χ3v) is 12.2. The summed E-state index contributed by atoms with van der Waals surface area (Å²) in [5.41, 5.74) is 17.0. The van der Waals surface area contributed by atoms with Crippen LogP contribution in [-0.2, 0) is 5.41 Å². The van der Waals surface area contributed by atoms with Crippen LogP contribution in [-0.4, -0.2) is 4.57 Å². The van der Waals surface area contributed by atoms with Crippen LogP contribution in [0.2, 0.25) is 0 Å². The first-order valence-corrected chi connectivity index (χ1v) is 19.8. The van der Waals surface area contributed by atoms with E-state index in [1.807, 2.05) is 0 Å². The minimum atomic E-state index is -0.212. The van der Waals surface area contributed by atoms with E-state index >= 15 is 0 Å². The highest BCUT2D eigenvalue weighted by Crippen LogP contribution is 2.52. The average molecular weight is 729 g/mol. The molecule has 0 saturated heterocycles. The maximum absolute atomic E-state index is 2.43. The largest absolute Gasteiger partial charge is 0.310 e. The van der Waals surface area contributed by atoms with Gasteiger partial charge in [-0.15, -0.1) is 0 Å². The number of para-hydroxylation sites is 2. The van der Waals surface area contributed by atoms with Gasteiger partial charge in [-0.25, -0.2) is 0 Å². The summed E-state index contributed by atoms with van der Waals surface area (Å²) >= 11 is 0. The number of anilines is 3. The molecule has 11 rings (SSSR count). The molecule has 2 heteroatoms. The monoisotopic (exact) mass is 728 g/mol. The Kier molecular flexibility index (Phi) is 7.55. The molecule has 0 amide bonds. The average Bonchev–Trinajstić information content (AvgIpc) is 3.72. The predicted octanol–water partition coefficient (Wildman–Crippen LogP) is 15.0. The normalized spacial score (nSPS) is 12.9. The maximum atomic E-state index is 2.43. The van der Waals surface area contributed by atoms with Crippen LogP contribution in [0.5, 0.6) is 0 Å². The Hall–Kier alpha value is -7.16. The molecule has 0 aliphatic heterocycles. The number of rotatable bonds is 6. The van der Waals surface area contributed by atoms with E-state index in [1.54, 1.807) is 0 Å². The lowest BCUT2D eigenvalue weighted by atomic mass is 9.82. The van der Waals surface area contributed by atoms with Crippen molar-refractivity contribution in [3.63, 3.8) is 0 Å². The standard InChI is InChI=1S/C55H40N2/c1-55(2)51-35-43(31-33-47(51)48-34-32-44(36-52(48)55)57-53-21-10-8-18-49(53)50-19-9-11-22-54(50)57)56(41-27-23-38(24-28-41)37-13-4-3-5-14-37)42-29-25-40(26-30-42)46-20-12-16-39-15-6-7-17-45(39)46/h3-36H,1-2H3. The molecular formula is C55H40N2. The van der Waals surface area contributed by atoms with E-state index in [0.29, 0.717) is 0 Å². The molecular weight excluding hydrogens is 689 g/mol. The first kappa shape index (κ1) is 33.2. The van der Waals surface area contributed by atoms with Crippen molar-refractivity contribution in [2.45, 2.75) is 19.3 Å². The lowest BCUT2D eigenvalue weighted by molar-refractivity contribution is 0.660. The van der Waals surface area contributed by atoms with Crippen molar-refractivity contribution >= 4 is 49.6 Å². The zero-order valence-electron chi connectivity index (χ0n) is 32.0. The van der Waals surface area contributed by atoms with Gasteiger partial charge in [-0.2, -0.15) is 0 Å². The summed E-state index contributed by atoms with van der Waals surface area (Å²) in [5.74, 6) is 0. The van der Waals surface area contributed by atoms with Gasteiger partial charge in [0.25, 0.3) is 0 Å². The second-order valence-corrected chi connectivity index (χ2v) is 15.8. The molecule has 9 aromatic carbocycles. The van der Waals surface area contributed by atoms with Crippen LogP contribution < -0.4 is 4.90 Å². The highest BCUT2D eigenvalue weighted by Gasteiger charge is 2.36.